The highest BCUT2D eigenvalue weighted by Gasteiger charge is 2.45. The number of aryl methyl sites for hydroxylation is 1. The van der Waals surface area contributed by atoms with Crippen LogP contribution in [0.3, 0.4) is 0 Å². The SMILES string of the molecule is C=C1CCc2cc(OCCC(C)C)cnc2N1[C@H]1C[C@@](O)(CC)C1. The third-order valence-electron chi connectivity index (χ3n) is 5.39. The highest BCUT2D eigenvalue weighted by molar-refractivity contribution is 5.58. The zero-order valence-electron chi connectivity index (χ0n) is 15.2. The van der Waals surface area contributed by atoms with Crippen molar-refractivity contribution in [3.05, 3.63) is 30.1 Å². The summed E-state index contributed by atoms with van der Waals surface area (Å²) in [4.78, 5) is 6.93. The van der Waals surface area contributed by atoms with E-state index in [0.717, 1.165) is 62.4 Å². The van der Waals surface area contributed by atoms with Crippen LogP contribution in [0.5, 0.6) is 5.75 Å². The van der Waals surface area contributed by atoms with Crippen LogP contribution in [0, 0.1) is 5.92 Å². The Labute approximate surface area is 145 Å². The van der Waals surface area contributed by atoms with Crippen molar-refractivity contribution in [3.63, 3.8) is 0 Å². The van der Waals surface area contributed by atoms with Crippen molar-refractivity contribution in [1.82, 2.24) is 4.98 Å². The Morgan fingerprint density at radius 3 is 2.83 bits per heavy atom. The van der Waals surface area contributed by atoms with Crippen molar-refractivity contribution in [2.24, 2.45) is 5.92 Å². The van der Waals surface area contributed by atoms with Crippen LogP contribution in [0.1, 0.15) is 58.4 Å². The smallest absolute Gasteiger partial charge is 0.138 e. The molecule has 1 aliphatic carbocycles. The predicted octanol–water partition coefficient (Wildman–Crippen LogP) is 4.08. The summed E-state index contributed by atoms with van der Waals surface area (Å²) in [6.07, 6.45) is 7.21. The van der Waals surface area contributed by atoms with E-state index in [1.165, 1.54) is 5.56 Å². The van der Waals surface area contributed by atoms with Gasteiger partial charge in [0.1, 0.15) is 11.6 Å². The van der Waals surface area contributed by atoms with Crippen molar-refractivity contribution in [2.75, 3.05) is 11.5 Å². The van der Waals surface area contributed by atoms with Crippen LogP contribution in [-0.4, -0.2) is 28.3 Å². The lowest BCUT2D eigenvalue weighted by Gasteiger charge is -2.50. The number of aliphatic hydroxyl groups is 1. The highest BCUT2D eigenvalue weighted by atomic mass is 16.5. The van der Waals surface area contributed by atoms with Crippen molar-refractivity contribution >= 4 is 5.82 Å². The molecule has 4 heteroatoms. The normalized spacial score (nSPS) is 26.3. The van der Waals surface area contributed by atoms with Crippen LogP contribution in [0.4, 0.5) is 5.82 Å². The molecule has 1 aliphatic heterocycles. The van der Waals surface area contributed by atoms with Gasteiger partial charge in [-0.3, -0.25) is 0 Å². The summed E-state index contributed by atoms with van der Waals surface area (Å²) in [5, 5.41) is 10.3. The molecule has 0 saturated heterocycles. The largest absolute Gasteiger partial charge is 0.492 e. The van der Waals surface area contributed by atoms with Crippen LogP contribution in [0.2, 0.25) is 0 Å². The summed E-state index contributed by atoms with van der Waals surface area (Å²) in [6, 6.07) is 2.45. The first-order valence-electron chi connectivity index (χ1n) is 9.23. The third kappa shape index (κ3) is 3.44. The summed E-state index contributed by atoms with van der Waals surface area (Å²) < 4.78 is 5.85. The van der Waals surface area contributed by atoms with E-state index in [9.17, 15) is 5.11 Å². The third-order valence-corrected chi connectivity index (χ3v) is 5.39. The summed E-state index contributed by atoms with van der Waals surface area (Å²) in [6.45, 7) is 11.4. The average molecular weight is 330 g/mol. The van der Waals surface area contributed by atoms with Gasteiger partial charge in [0.05, 0.1) is 18.4 Å². The molecular weight excluding hydrogens is 300 g/mol. The maximum Gasteiger partial charge on any atom is 0.138 e. The first-order valence-corrected chi connectivity index (χ1v) is 9.23. The molecular formula is C20H30N2O2. The van der Waals surface area contributed by atoms with Crippen molar-refractivity contribution in [2.45, 2.75) is 70.9 Å². The second kappa shape index (κ2) is 6.75. The van der Waals surface area contributed by atoms with E-state index in [1.54, 1.807) is 0 Å². The molecule has 1 aromatic rings. The number of hydrogen-bond acceptors (Lipinski definition) is 4. The topological polar surface area (TPSA) is 45.6 Å². The van der Waals surface area contributed by atoms with Crippen molar-refractivity contribution in [3.8, 4) is 5.75 Å². The van der Waals surface area contributed by atoms with Crippen LogP contribution >= 0.6 is 0 Å². The fourth-order valence-electron chi connectivity index (χ4n) is 3.64. The molecule has 0 unspecified atom stereocenters. The van der Waals surface area contributed by atoms with Gasteiger partial charge >= 0.3 is 0 Å². The number of hydrogen-bond donors (Lipinski definition) is 1. The van der Waals surface area contributed by atoms with E-state index in [0.29, 0.717) is 12.0 Å². The van der Waals surface area contributed by atoms with Gasteiger partial charge in [-0.05, 0) is 56.1 Å². The molecule has 3 rings (SSSR count). The summed E-state index contributed by atoms with van der Waals surface area (Å²) in [5.74, 6) is 2.51. The number of allylic oxidation sites excluding steroid dienone is 1. The van der Waals surface area contributed by atoms with Gasteiger partial charge in [-0.2, -0.15) is 0 Å². The standard InChI is InChI=1S/C20H30N2O2/c1-5-20(23)11-17(12-20)22-15(4)6-7-16-10-18(13-21-19(16)22)24-9-8-14(2)3/h10,13-14,17,23H,4-9,11-12H2,1-3H3/t17-,20-. The molecule has 0 radical (unpaired) electrons. The molecule has 0 spiro atoms. The summed E-state index contributed by atoms with van der Waals surface area (Å²) >= 11 is 0. The van der Waals surface area contributed by atoms with Crippen molar-refractivity contribution < 1.29 is 9.84 Å². The second-order valence-corrected chi connectivity index (χ2v) is 7.76. The minimum absolute atomic E-state index is 0.321. The van der Waals surface area contributed by atoms with E-state index in [-0.39, 0.29) is 0 Å². The summed E-state index contributed by atoms with van der Waals surface area (Å²) in [7, 11) is 0. The van der Waals surface area contributed by atoms with Gasteiger partial charge in [0.25, 0.3) is 0 Å². The van der Waals surface area contributed by atoms with E-state index < -0.39 is 5.60 Å². The van der Waals surface area contributed by atoms with Crippen LogP contribution in [0.15, 0.2) is 24.5 Å². The first-order chi connectivity index (χ1) is 11.4. The highest BCUT2D eigenvalue weighted by Crippen LogP contribution is 2.44. The van der Waals surface area contributed by atoms with Gasteiger partial charge in [0.2, 0.25) is 0 Å². The minimum Gasteiger partial charge on any atom is -0.492 e. The Kier molecular flexibility index (Phi) is 4.86. The number of aromatic nitrogens is 1. The maximum atomic E-state index is 10.3. The van der Waals surface area contributed by atoms with E-state index in [1.807, 2.05) is 13.1 Å². The Hall–Kier alpha value is -1.55. The van der Waals surface area contributed by atoms with Gasteiger partial charge in [0, 0.05) is 11.7 Å². The maximum absolute atomic E-state index is 10.3. The predicted molar refractivity (Wildman–Crippen MR) is 97.4 cm³/mol. The zero-order chi connectivity index (χ0) is 17.3. The number of ether oxygens (including phenoxy) is 1. The lowest BCUT2D eigenvalue weighted by atomic mass is 9.72. The van der Waals surface area contributed by atoms with Crippen LogP contribution in [0.25, 0.3) is 0 Å². The fraction of sp³-hybridized carbons (Fsp3) is 0.650. The fourth-order valence-corrected chi connectivity index (χ4v) is 3.64. The van der Waals surface area contributed by atoms with Gasteiger partial charge in [0.15, 0.2) is 0 Å². The molecule has 2 heterocycles. The Bertz CT molecular complexity index is 606. The van der Waals surface area contributed by atoms with Gasteiger partial charge in [-0.25, -0.2) is 4.98 Å². The monoisotopic (exact) mass is 330 g/mol. The van der Waals surface area contributed by atoms with Crippen LogP contribution < -0.4 is 9.64 Å². The number of nitrogens with zero attached hydrogens (tertiary/aromatic N) is 2. The number of rotatable bonds is 6. The van der Waals surface area contributed by atoms with Crippen molar-refractivity contribution in [1.29, 1.82) is 0 Å². The molecule has 4 nitrogen and oxygen atoms in total. The quantitative estimate of drug-likeness (QED) is 0.854. The molecule has 2 aliphatic rings. The Balaban J connectivity index is 1.72. The molecule has 0 amide bonds. The number of anilines is 1. The molecule has 0 bridgehead atoms. The zero-order valence-corrected chi connectivity index (χ0v) is 15.2. The molecule has 1 fully saturated rings. The first kappa shape index (κ1) is 17.3. The second-order valence-electron chi connectivity index (χ2n) is 7.76. The van der Waals surface area contributed by atoms with E-state index in [2.05, 4.69) is 36.4 Å². The Morgan fingerprint density at radius 2 is 2.17 bits per heavy atom. The molecule has 24 heavy (non-hydrogen) atoms. The molecule has 0 aromatic carbocycles. The molecule has 1 aromatic heterocycles. The molecule has 0 atom stereocenters. The van der Waals surface area contributed by atoms with Gasteiger partial charge in [-0.1, -0.05) is 27.4 Å². The molecule has 1 saturated carbocycles. The molecule has 1 N–H and O–H groups in total. The number of fused-ring (bicyclic) bond motifs is 1. The number of pyridine rings is 1. The lowest BCUT2D eigenvalue weighted by Crippen LogP contribution is -2.55. The lowest BCUT2D eigenvalue weighted by molar-refractivity contribution is -0.0500. The van der Waals surface area contributed by atoms with E-state index >= 15 is 0 Å². The van der Waals surface area contributed by atoms with E-state index in [4.69, 9.17) is 4.74 Å². The van der Waals surface area contributed by atoms with Crippen LogP contribution in [-0.2, 0) is 6.42 Å². The average Bonchev–Trinajstić information content (AvgIpc) is 2.52. The Morgan fingerprint density at radius 1 is 1.42 bits per heavy atom. The molecule has 132 valence electrons. The minimum atomic E-state index is -0.498. The van der Waals surface area contributed by atoms with Gasteiger partial charge < -0.3 is 14.7 Å². The summed E-state index contributed by atoms with van der Waals surface area (Å²) in [5.41, 5.74) is 1.85. The van der Waals surface area contributed by atoms with Gasteiger partial charge in [-0.15, -0.1) is 0 Å².